The van der Waals surface area contributed by atoms with E-state index in [-0.39, 0.29) is 43.5 Å². The molecule has 0 atom stereocenters. The van der Waals surface area contributed by atoms with Crippen molar-refractivity contribution in [2.45, 2.75) is 105 Å². The second-order valence-electron chi connectivity index (χ2n) is 33.5. The summed E-state index contributed by atoms with van der Waals surface area (Å²) in [6.45, 7) is 26.7. The smallest absolute Gasteiger partial charge is 0.252 e. The van der Waals surface area contributed by atoms with Crippen LogP contribution in [0.3, 0.4) is 0 Å². The normalized spacial score (nSPS) is 14.4. The fraction of sp³-hybridized carbons (Fsp3) is 0.160. The minimum absolute atomic E-state index is 0.00188. The predicted octanol–water partition coefficient (Wildman–Crippen LogP) is 26.0. The molecule has 7 heteroatoms. The molecule has 18 aromatic rings. The van der Waals surface area contributed by atoms with Crippen molar-refractivity contribution in [3.8, 4) is 44.8 Å². The van der Waals surface area contributed by atoms with E-state index in [1.807, 2.05) is 42.5 Å². The molecule has 6 heterocycles. The summed E-state index contributed by atoms with van der Waals surface area (Å²) in [6, 6.07) is 81.3. The van der Waals surface area contributed by atoms with Gasteiger partial charge in [-0.3, -0.25) is 0 Å². The molecule has 0 saturated carbocycles. The van der Waals surface area contributed by atoms with Crippen LogP contribution in [-0.2, 0) is 21.7 Å². The first kappa shape index (κ1) is 56.3. The maximum atomic E-state index is 10.2. The standard InChI is InChI=1S/C100H83BN4O2/c1-97(2,3)65-40-46-82-76(55-65)77-56-66(98(4,5)6)41-47-83(77)102(82)69-42-45-79-85(57-69)105(96-71(61-29-17-14-18-30-61)43-48-91-94(96)75-34-22-26-38-90(75)106-91)88-59-70(103-80-35-23-19-31-72(80)73-32-20-24-36-81(73)103)58-87-95(88)101(79)78-44-39-62(63-49-67(99(7,8)9)54-68(50-63)100(10,11)12)51-84(78)104(87)86-52-64(60-27-15-13-16-28-60)53-92-93(86)74-33-21-25-37-89(74)107-92/h13-59H,1-12H3/i19D,20D,23D,24D,31D,32D,35D,36D. The molecule has 518 valence electrons. The summed E-state index contributed by atoms with van der Waals surface area (Å²) in [5, 5.41) is 5.69. The summed E-state index contributed by atoms with van der Waals surface area (Å²) in [5.74, 6) is 0. The topological polar surface area (TPSA) is 42.6 Å². The number of para-hydroxylation sites is 4. The molecule has 0 aliphatic carbocycles. The number of hydrogen-bond donors (Lipinski definition) is 0. The van der Waals surface area contributed by atoms with Crippen LogP contribution in [0, 0.1) is 0 Å². The third-order valence-corrected chi connectivity index (χ3v) is 22.7. The zero-order valence-corrected chi connectivity index (χ0v) is 62.2. The minimum atomic E-state index is -0.561. The van der Waals surface area contributed by atoms with Crippen molar-refractivity contribution in [3.63, 3.8) is 0 Å². The van der Waals surface area contributed by atoms with E-state index in [0.29, 0.717) is 39.4 Å². The molecule has 6 nitrogen and oxygen atoms in total. The summed E-state index contributed by atoms with van der Waals surface area (Å²) in [4.78, 5) is 4.81. The highest BCUT2D eigenvalue weighted by Crippen LogP contribution is 2.55. The third-order valence-electron chi connectivity index (χ3n) is 22.7. The van der Waals surface area contributed by atoms with Crippen molar-refractivity contribution in [1.29, 1.82) is 0 Å². The zero-order chi connectivity index (χ0) is 79.9. The Bertz CT molecular complexity index is 7090. The highest BCUT2D eigenvalue weighted by Gasteiger charge is 2.46. The van der Waals surface area contributed by atoms with Gasteiger partial charge in [-0.15, -0.1) is 0 Å². The molecule has 0 saturated heterocycles. The van der Waals surface area contributed by atoms with Crippen LogP contribution in [0.4, 0.5) is 34.1 Å². The summed E-state index contributed by atoms with van der Waals surface area (Å²) in [6.07, 6.45) is 0. The second-order valence-corrected chi connectivity index (χ2v) is 33.5. The Hall–Kier alpha value is -12.1. The van der Waals surface area contributed by atoms with E-state index in [1.165, 1.54) is 22.3 Å². The fourth-order valence-corrected chi connectivity index (χ4v) is 17.2. The first-order valence-corrected chi connectivity index (χ1v) is 37.2. The molecule has 107 heavy (non-hydrogen) atoms. The van der Waals surface area contributed by atoms with Crippen LogP contribution in [0.5, 0.6) is 0 Å². The molecule has 14 aromatic carbocycles. The summed E-state index contributed by atoms with van der Waals surface area (Å²) in [7, 11) is 0. The Kier molecular flexibility index (Phi) is 12.2. The van der Waals surface area contributed by atoms with E-state index in [1.54, 1.807) is 4.57 Å². The maximum Gasteiger partial charge on any atom is 0.252 e. The molecule has 0 spiro atoms. The average molecular weight is 1390 g/mol. The van der Waals surface area contributed by atoms with Crippen molar-refractivity contribution >= 4 is 145 Å². The fourth-order valence-electron chi connectivity index (χ4n) is 17.2. The van der Waals surface area contributed by atoms with Gasteiger partial charge in [0.15, 0.2) is 0 Å². The van der Waals surface area contributed by atoms with Gasteiger partial charge in [0.1, 0.15) is 22.3 Å². The van der Waals surface area contributed by atoms with Gasteiger partial charge in [0.2, 0.25) is 0 Å². The molecule has 0 N–H and O–H groups in total. The molecular weight excluding hydrogens is 1300 g/mol. The second kappa shape index (κ2) is 23.2. The van der Waals surface area contributed by atoms with E-state index in [9.17, 15) is 11.0 Å². The maximum absolute atomic E-state index is 10.2. The molecule has 0 amide bonds. The van der Waals surface area contributed by atoms with Gasteiger partial charge in [-0.05, 0) is 191 Å². The summed E-state index contributed by atoms with van der Waals surface area (Å²) in [5.41, 5.74) is 23.5. The molecular formula is C100H83BN4O2. The average Bonchev–Trinajstić information content (AvgIpc) is 1.13. The monoisotopic (exact) mass is 1390 g/mol. The Morgan fingerprint density at radius 2 is 0.785 bits per heavy atom. The molecule has 0 fully saturated rings. The minimum Gasteiger partial charge on any atom is -0.456 e. The van der Waals surface area contributed by atoms with Crippen LogP contribution in [0.2, 0.25) is 0 Å². The van der Waals surface area contributed by atoms with Crippen molar-refractivity contribution in [2.75, 3.05) is 9.80 Å². The van der Waals surface area contributed by atoms with Crippen LogP contribution in [0.25, 0.3) is 132 Å². The number of rotatable bonds is 7. The summed E-state index contributed by atoms with van der Waals surface area (Å²) < 4.78 is 96.4. The van der Waals surface area contributed by atoms with Crippen molar-refractivity contribution < 1.29 is 19.8 Å². The van der Waals surface area contributed by atoms with E-state index < -0.39 is 55.1 Å². The van der Waals surface area contributed by atoms with Gasteiger partial charge in [0, 0.05) is 66.3 Å². The van der Waals surface area contributed by atoms with Gasteiger partial charge in [-0.25, -0.2) is 0 Å². The quantitative estimate of drug-likeness (QED) is 0.149. The largest absolute Gasteiger partial charge is 0.456 e. The highest BCUT2D eigenvalue weighted by molar-refractivity contribution is 7.00. The van der Waals surface area contributed by atoms with Gasteiger partial charge in [0.05, 0.1) is 60.9 Å². The molecule has 20 rings (SSSR count). The lowest BCUT2D eigenvalue weighted by molar-refractivity contribution is 0.569. The number of fused-ring (bicyclic) bond motifs is 16. The van der Waals surface area contributed by atoms with Crippen LogP contribution >= 0.6 is 0 Å². The number of benzene rings is 14. The Balaban J connectivity index is 1.02. The first-order valence-electron chi connectivity index (χ1n) is 41.2. The zero-order valence-electron chi connectivity index (χ0n) is 70.2. The Labute approximate surface area is 636 Å². The predicted molar refractivity (Wildman–Crippen MR) is 455 cm³/mol. The Morgan fingerprint density at radius 1 is 0.299 bits per heavy atom. The van der Waals surface area contributed by atoms with Crippen molar-refractivity contribution in [3.05, 3.63) is 307 Å². The molecule has 0 bridgehead atoms. The lowest BCUT2D eigenvalue weighted by Crippen LogP contribution is -2.61. The van der Waals surface area contributed by atoms with Crippen molar-refractivity contribution in [2.24, 2.45) is 0 Å². The molecule has 0 unspecified atom stereocenters. The molecule has 2 aliphatic rings. The molecule has 2 aliphatic heterocycles. The number of nitrogens with zero attached hydrogens (tertiary/aromatic N) is 4. The van der Waals surface area contributed by atoms with Crippen LogP contribution in [-0.4, -0.2) is 15.8 Å². The highest BCUT2D eigenvalue weighted by atomic mass is 16.3. The lowest BCUT2D eigenvalue weighted by atomic mass is 9.33. The van der Waals surface area contributed by atoms with E-state index >= 15 is 0 Å². The van der Waals surface area contributed by atoms with Crippen LogP contribution < -0.4 is 26.2 Å². The van der Waals surface area contributed by atoms with E-state index in [2.05, 4.69) is 292 Å². The van der Waals surface area contributed by atoms with Crippen molar-refractivity contribution in [1.82, 2.24) is 9.13 Å². The van der Waals surface area contributed by atoms with Gasteiger partial charge >= 0.3 is 0 Å². The molecule has 4 aromatic heterocycles. The third kappa shape index (κ3) is 10.1. The van der Waals surface area contributed by atoms with Crippen LogP contribution in [0.15, 0.2) is 294 Å². The Morgan fingerprint density at radius 3 is 1.38 bits per heavy atom. The van der Waals surface area contributed by atoms with Gasteiger partial charge in [-0.1, -0.05) is 265 Å². The number of anilines is 6. The van der Waals surface area contributed by atoms with E-state index in [0.717, 1.165) is 122 Å². The van der Waals surface area contributed by atoms with Gasteiger partial charge in [0.25, 0.3) is 6.71 Å². The number of furan rings is 2. The van der Waals surface area contributed by atoms with Gasteiger partial charge in [-0.2, -0.15) is 0 Å². The molecule has 0 radical (unpaired) electrons. The summed E-state index contributed by atoms with van der Waals surface area (Å²) >= 11 is 0. The van der Waals surface area contributed by atoms with Crippen LogP contribution in [0.1, 0.15) is 116 Å². The van der Waals surface area contributed by atoms with Gasteiger partial charge < -0.3 is 27.8 Å². The number of aromatic nitrogens is 2. The lowest BCUT2D eigenvalue weighted by Gasteiger charge is -2.45. The number of hydrogen-bond acceptors (Lipinski definition) is 4. The SMILES string of the molecule is [2H]c1c([2H])c([2H])c2c(c1[2H])c1c([2H])c([2H])c([2H])c([2H])c1n2-c1cc2c3c(c1)N(c1c(-c4ccccc4)ccc4oc5ccccc5c14)c1cc(-n4c5ccc(C(C)(C)C)cc5c5cc(C(C)(C)C)ccc54)ccc1B3c1ccc(-c3cc(C(C)(C)C)cc(C(C)(C)C)c3)cc1N2c1cc(-c2ccccc2)cc2oc3ccccc3c12. The first-order chi connectivity index (χ1) is 54.9. The van der Waals surface area contributed by atoms with E-state index in [4.69, 9.17) is 8.83 Å².